The van der Waals surface area contributed by atoms with Gasteiger partial charge in [-0.05, 0) is 34.6 Å². The Morgan fingerprint density at radius 2 is 2.09 bits per heavy atom. The number of alkyl halides is 3. The number of aromatic nitrogens is 2. The van der Waals surface area contributed by atoms with Crippen molar-refractivity contribution in [3.63, 3.8) is 0 Å². The number of amides is 1. The zero-order chi connectivity index (χ0) is 23.6. The highest BCUT2D eigenvalue weighted by molar-refractivity contribution is 5.78. The van der Waals surface area contributed by atoms with Gasteiger partial charge in [0.1, 0.15) is 18.6 Å². The van der Waals surface area contributed by atoms with E-state index < -0.39 is 11.3 Å². The minimum atomic E-state index is -4.73. The molecule has 13 heteroatoms. The van der Waals surface area contributed by atoms with Crippen LogP contribution in [0.3, 0.4) is 0 Å². The Hall–Kier alpha value is -3.61. The maximum Gasteiger partial charge on any atom is 0.573 e. The van der Waals surface area contributed by atoms with Gasteiger partial charge < -0.3 is 24.9 Å². The zero-order valence-electron chi connectivity index (χ0n) is 17.2. The number of halogens is 3. The fourth-order valence-corrected chi connectivity index (χ4v) is 3.74. The van der Waals surface area contributed by atoms with Crippen LogP contribution in [0.4, 0.5) is 19.0 Å². The monoisotopic (exact) mass is 467 g/mol. The Balaban J connectivity index is 1.26. The number of nitrogens with zero attached hydrogens (tertiary/aromatic N) is 4. The zero-order valence-corrected chi connectivity index (χ0v) is 17.2. The molecule has 1 aromatic heterocycles. The highest BCUT2D eigenvalue weighted by atomic mass is 19.4. The molecular formula is C20H20F3N5O5. The third-order valence-electron chi connectivity index (χ3n) is 5.23. The molecule has 1 aromatic carbocycles. The van der Waals surface area contributed by atoms with Crippen molar-refractivity contribution >= 4 is 17.3 Å². The SMILES string of the molecule is O=C(CN1CC=C(c2ccc(OC(F)(F)F)cc2)CC1)N[C@@H]1COc2nc([N+](=O)[O-])cn2C1. The van der Waals surface area contributed by atoms with E-state index in [4.69, 9.17) is 4.74 Å². The molecule has 2 aliphatic heterocycles. The second-order valence-corrected chi connectivity index (χ2v) is 7.65. The van der Waals surface area contributed by atoms with Crippen molar-refractivity contribution in [2.75, 3.05) is 26.2 Å². The minimum absolute atomic E-state index is 0.152. The number of ether oxygens (including phenoxy) is 2. The molecule has 1 N–H and O–H groups in total. The summed E-state index contributed by atoms with van der Waals surface area (Å²) in [4.78, 5) is 28.4. The van der Waals surface area contributed by atoms with Crippen LogP contribution in [0.25, 0.3) is 5.57 Å². The highest BCUT2D eigenvalue weighted by Crippen LogP contribution is 2.27. The Labute approximate surface area is 185 Å². The highest BCUT2D eigenvalue weighted by Gasteiger charge is 2.31. The lowest BCUT2D eigenvalue weighted by molar-refractivity contribution is -0.389. The maximum atomic E-state index is 12.4. The maximum absolute atomic E-state index is 12.4. The molecule has 2 aliphatic rings. The number of carbonyl (C=O) groups is 1. The third kappa shape index (κ3) is 5.80. The molecule has 0 saturated heterocycles. The molecule has 4 rings (SSSR count). The first-order valence-corrected chi connectivity index (χ1v) is 10.1. The van der Waals surface area contributed by atoms with Gasteiger partial charge in [-0.15, -0.1) is 13.2 Å². The molecule has 0 spiro atoms. The average Bonchev–Trinajstić information content (AvgIpc) is 3.18. The largest absolute Gasteiger partial charge is 0.573 e. The van der Waals surface area contributed by atoms with E-state index in [9.17, 15) is 28.1 Å². The lowest BCUT2D eigenvalue weighted by atomic mass is 9.99. The van der Waals surface area contributed by atoms with Crippen LogP contribution in [0.5, 0.6) is 11.8 Å². The lowest BCUT2D eigenvalue weighted by Gasteiger charge is -2.28. The van der Waals surface area contributed by atoms with Crippen molar-refractivity contribution in [2.45, 2.75) is 25.4 Å². The van der Waals surface area contributed by atoms with E-state index in [1.54, 1.807) is 12.1 Å². The number of nitrogens with one attached hydrogen (secondary N) is 1. The van der Waals surface area contributed by atoms with Crippen molar-refractivity contribution in [1.82, 2.24) is 19.8 Å². The molecule has 1 amide bonds. The van der Waals surface area contributed by atoms with Crippen molar-refractivity contribution in [3.8, 4) is 11.8 Å². The van der Waals surface area contributed by atoms with Gasteiger partial charge in [0.2, 0.25) is 5.91 Å². The van der Waals surface area contributed by atoms with E-state index in [1.807, 2.05) is 11.0 Å². The summed E-state index contributed by atoms with van der Waals surface area (Å²) in [6.45, 7) is 1.77. The summed E-state index contributed by atoms with van der Waals surface area (Å²) < 4.78 is 47.6. The average molecular weight is 467 g/mol. The number of imidazole rings is 1. The fourth-order valence-electron chi connectivity index (χ4n) is 3.74. The number of fused-ring (bicyclic) bond motifs is 1. The molecule has 10 nitrogen and oxygen atoms in total. The van der Waals surface area contributed by atoms with Crippen LogP contribution in [0, 0.1) is 10.1 Å². The topological polar surface area (TPSA) is 112 Å². The molecule has 0 saturated carbocycles. The number of hydrogen-bond donors (Lipinski definition) is 1. The Bertz CT molecular complexity index is 1070. The Morgan fingerprint density at radius 1 is 1.33 bits per heavy atom. The molecule has 3 heterocycles. The van der Waals surface area contributed by atoms with Crippen LogP contribution < -0.4 is 14.8 Å². The normalized spacial score (nSPS) is 18.6. The molecule has 33 heavy (non-hydrogen) atoms. The predicted molar refractivity (Wildman–Crippen MR) is 108 cm³/mol. The summed E-state index contributed by atoms with van der Waals surface area (Å²) in [5.41, 5.74) is 1.79. The van der Waals surface area contributed by atoms with E-state index in [-0.39, 0.29) is 42.7 Å². The number of rotatable bonds is 6. The first-order chi connectivity index (χ1) is 15.7. The van der Waals surface area contributed by atoms with Crippen molar-refractivity contribution in [2.24, 2.45) is 0 Å². The van der Waals surface area contributed by atoms with Gasteiger partial charge >= 0.3 is 18.2 Å². The second kappa shape index (κ2) is 9.10. The van der Waals surface area contributed by atoms with E-state index in [0.29, 0.717) is 26.1 Å². The number of benzene rings is 1. The van der Waals surface area contributed by atoms with Gasteiger partial charge in [0.05, 0.1) is 19.1 Å². The quantitative estimate of drug-likeness (QED) is 0.513. The summed E-state index contributed by atoms with van der Waals surface area (Å²) in [5.74, 6) is -0.785. The van der Waals surface area contributed by atoms with Crippen LogP contribution in [0.2, 0.25) is 0 Å². The molecule has 1 atom stereocenters. The fraction of sp³-hybridized carbons (Fsp3) is 0.400. The van der Waals surface area contributed by atoms with Gasteiger partial charge in [-0.25, -0.2) is 0 Å². The molecular weight excluding hydrogens is 447 g/mol. The summed E-state index contributed by atoms with van der Waals surface area (Å²) in [7, 11) is 0. The van der Waals surface area contributed by atoms with Crippen molar-refractivity contribution in [1.29, 1.82) is 0 Å². The van der Waals surface area contributed by atoms with E-state index in [1.165, 1.54) is 22.9 Å². The van der Waals surface area contributed by atoms with Crippen LogP contribution in [-0.2, 0) is 11.3 Å². The molecule has 0 aliphatic carbocycles. The lowest BCUT2D eigenvalue weighted by Crippen LogP contribution is -2.48. The molecule has 0 fully saturated rings. The van der Waals surface area contributed by atoms with Crippen LogP contribution in [0.1, 0.15) is 12.0 Å². The van der Waals surface area contributed by atoms with E-state index >= 15 is 0 Å². The summed E-state index contributed by atoms with van der Waals surface area (Å²) in [6, 6.07) is 5.51. The number of hydrogen-bond acceptors (Lipinski definition) is 7. The van der Waals surface area contributed by atoms with Crippen LogP contribution in [-0.4, -0.2) is 63.9 Å². The smallest absolute Gasteiger partial charge is 0.444 e. The Kier molecular flexibility index (Phi) is 6.22. The van der Waals surface area contributed by atoms with Crippen LogP contribution >= 0.6 is 0 Å². The minimum Gasteiger partial charge on any atom is -0.444 e. The molecule has 0 unspecified atom stereocenters. The van der Waals surface area contributed by atoms with E-state index in [0.717, 1.165) is 11.1 Å². The van der Waals surface area contributed by atoms with Gasteiger partial charge in [0.25, 0.3) is 0 Å². The predicted octanol–water partition coefficient (Wildman–Crippen LogP) is 2.36. The van der Waals surface area contributed by atoms with Crippen LogP contribution in [0.15, 0.2) is 36.5 Å². The van der Waals surface area contributed by atoms with Crippen molar-refractivity contribution < 1.29 is 32.4 Å². The number of nitro groups is 1. The molecule has 2 aromatic rings. The number of carbonyl (C=O) groups excluding carboxylic acids is 1. The molecule has 176 valence electrons. The first kappa shape index (κ1) is 22.6. The second-order valence-electron chi connectivity index (χ2n) is 7.65. The van der Waals surface area contributed by atoms with Gasteiger partial charge in [0, 0.05) is 18.1 Å². The molecule has 0 bridgehead atoms. The Morgan fingerprint density at radius 3 is 2.73 bits per heavy atom. The summed E-state index contributed by atoms with van der Waals surface area (Å²) in [5, 5.41) is 13.7. The van der Waals surface area contributed by atoms with E-state index in [2.05, 4.69) is 15.0 Å². The van der Waals surface area contributed by atoms with Gasteiger partial charge in [-0.2, -0.15) is 0 Å². The third-order valence-corrected chi connectivity index (χ3v) is 5.23. The van der Waals surface area contributed by atoms with Crippen molar-refractivity contribution in [3.05, 3.63) is 52.2 Å². The van der Waals surface area contributed by atoms with Gasteiger partial charge in [-0.1, -0.05) is 18.2 Å². The van der Waals surface area contributed by atoms with Gasteiger partial charge in [-0.3, -0.25) is 14.3 Å². The summed E-state index contributed by atoms with van der Waals surface area (Å²) in [6.07, 6.45) is -0.875. The van der Waals surface area contributed by atoms with Gasteiger partial charge in [0.15, 0.2) is 0 Å². The summed E-state index contributed by atoms with van der Waals surface area (Å²) >= 11 is 0. The first-order valence-electron chi connectivity index (χ1n) is 10.1. The standard InChI is InChI=1S/C20H20F3N5O5/c21-20(22,23)33-16-3-1-13(2-4-16)14-5-7-26(8-6-14)11-18(29)24-15-9-27-10-17(28(30)31)25-19(27)32-12-15/h1-5,10,15H,6-9,11-12H2,(H,24,29)/t15-/m0/s1. The molecule has 0 radical (unpaired) electrons.